The van der Waals surface area contributed by atoms with Crippen molar-refractivity contribution in [3.05, 3.63) is 83.4 Å². The highest BCUT2D eigenvalue weighted by atomic mass is 16.5. The second-order valence-corrected chi connectivity index (χ2v) is 13.3. The Morgan fingerprint density at radius 3 is 2.41 bits per heavy atom. The molecule has 14 heteroatoms. The largest absolute Gasteiger partial charge is 0.496 e. The first-order valence-electron chi connectivity index (χ1n) is 18.3. The molecule has 3 heterocycles. The molecule has 3 aromatic rings. The number of benzene rings is 3. The van der Waals surface area contributed by atoms with Crippen molar-refractivity contribution in [3.8, 4) is 23.0 Å². The number of carbonyl (C=O) groups is 5. The van der Waals surface area contributed by atoms with Crippen molar-refractivity contribution in [1.82, 2.24) is 26.2 Å². The Kier molecular flexibility index (Phi) is 14.3. The molecular formula is C40H49N5O9. The smallest absolute Gasteiger partial charge is 0.252 e. The Hall–Kier alpha value is -5.63. The van der Waals surface area contributed by atoms with Gasteiger partial charge in [0.2, 0.25) is 17.7 Å². The minimum atomic E-state index is -0.985. The van der Waals surface area contributed by atoms with Gasteiger partial charge >= 0.3 is 0 Å². The summed E-state index contributed by atoms with van der Waals surface area (Å²) in [6.07, 6.45) is 2.42. The molecule has 3 atom stereocenters. The molecule has 0 unspecified atom stereocenters. The molecule has 4 N–H and O–H groups in total. The van der Waals surface area contributed by atoms with E-state index in [0.29, 0.717) is 73.0 Å². The highest BCUT2D eigenvalue weighted by Crippen LogP contribution is 2.35. The number of nitrogens with one attached hydrogen (secondary N) is 4. The van der Waals surface area contributed by atoms with Crippen molar-refractivity contribution < 1.29 is 42.9 Å². The lowest BCUT2D eigenvalue weighted by molar-refractivity contribution is -0.144. The topological polar surface area (TPSA) is 174 Å². The third-order valence-electron chi connectivity index (χ3n) is 9.33. The number of fused-ring (bicyclic) bond motifs is 18. The number of hydrogen-bond donors (Lipinski definition) is 4. The average molecular weight is 744 g/mol. The Bertz CT molecular complexity index is 1780. The second-order valence-electron chi connectivity index (χ2n) is 13.3. The van der Waals surface area contributed by atoms with Gasteiger partial charge in [-0.1, -0.05) is 30.3 Å². The van der Waals surface area contributed by atoms with Crippen LogP contribution in [0.2, 0.25) is 0 Å². The minimum Gasteiger partial charge on any atom is -0.496 e. The zero-order valence-electron chi connectivity index (χ0n) is 31.0. The zero-order valence-corrected chi connectivity index (χ0v) is 31.0. The van der Waals surface area contributed by atoms with Gasteiger partial charge < -0.3 is 45.1 Å². The summed E-state index contributed by atoms with van der Waals surface area (Å²) in [6, 6.07) is 17.6. The van der Waals surface area contributed by atoms with Gasteiger partial charge in [0.1, 0.15) is 29.7 Å². The Balaban J connectivity index is 1.38. The Labute approximate surface area is 315 Å². The van der Waals surface area contributed by atoms with Crippen LogP contribution in [-0.2, 0) is 36.9 Å². The van der Waals surface area contributed by atoms with Gasteiger partial charge in [-0.25, -0.2) is 0 Å². The van der Waals surface area contributed by atoms with Gasteiger partial charge in [-0.15, -0.1) is 0 Å². The average Bonchev–Trinajstić information content (AvgIpc) is 3.73. The van der Waals surface area contributed by atoms with E-state index in [1.54, 1.807) is 43.3 Å². The van der Waals surface area contributed by atoms with Crippen molar-refractivity contribution in [2.24, 2.45) is 0 Å². The summed E-state index contributed by atoms with van der Waals surface area (Å²) >= 11 is 0. The summed E-state index contributed by atoms with van der Waals surface area (Å²) in [5.74, 6) is -0.527. The van der Waals surface area contributed by atoms with E-state index in [-0.39, 0.29) is 37.9 Å². The van der Waals surface area contributed by atoms with Gasteiger partial charge in [-0.05, 0) is 81.3 Å². The summed E-state index contributed by atoms with van der Waals surface area (Å²) < 4.78 is 22.8. The fraction of sp³-hybridized carbons (Fsp3) is 0.425. The third-order valence-corrected chi connectivity index (χ3v) is 9.33. The lowest BCUT2D eigenvalue weighted by Gasteiger charge is -2.27. The van der Waals surface area contributed by atoms with E-state index >= 15 is 0 Å². The Morgan fingerprint density at radius 1 is 0.870 bits per heavy atom. The molecular weight excluding hydrogens is 694 g/mol. The first-order chi connectivity index (χ1) is 26.1. The monoisotopic (exact) mass is 743 g/mol. The van der Waals surface area contributed by atoms with Gasteiger partial charge in [0.05, 0.1) is 20.8 Å². The van der Waals surface area contributed by atoms with Crippen LogP contribution >= 0.6 is 0 Å². The van der Waals surface area contributed by atoms with Crippen LogP contribution in [0.1, 0.15) is 60.5 Å². The summed E-state index contributed by atoms with van der Waals surface area (Å²) in [7, 11) is 3.00. The maximum Gasteiger partial charge on any atom is 0.252 e. The summed E-state index contributed by atoms with van der Waals surface area (Å²) in [5.41, 5.74) is 1.98. The molecule has 5 amide bonds. The van der Waals surface area contributed by atoms with Crippen LogP contribution in [0.15, 0.2) is 66.7 Å². The molecule has 54 heavy (non-hydrogen) atoms. The molecule has 3 aliphatic rings. The van der Waals surface area contributed by atoms with Gasteiger partial charge in [0, 0.05) is 43.4 Å². The molecule has 0 aliphatic carbocycles. The highest BCUT2D eigenvalue weighted by Gasteiger charge is 2.31. The van der Waals surface area contributed by atoms with Gasteiger partial charge in [0.15, 0.2) is 11.5 Å². The predicted molar refractivity (Wildman–Crippen MR) is 199 cm³/mol. The van der Waals surface area contributed by atoms with E-state index in [4.69, 9.17) is 18.9 Å². The molecule has 3 aromatic carbocycles. The van der Waals surface area contributed by atoms with Crippen molar-refractivity contribution in [1.29, 1.82) is 0 Å². The predicted octanol–water partition coefficient (Wildman–Crippen LogP) is 3.27. The van der Waals surface area contributed by atoms with Gasteiger partial charge in [0.25, 0.3) is 11.8 Å². The summed E-state index contributed by atoms with van der Waals surface area (Å²) in [4.78, 5) is 68.5. The Morgan fingerprint density at radius 2 is 1.67 bits per heavy atom. The molecule has 1 saturated heterocycles. The molecule has 1 fully saturated rings. The molecule has 0 radical (unpaired) electrons. The standard InChI is InChI=1S/C40H49N5O9/c1-26-37(47)42-24-29-14-16-30(23-34(29)52-3)54-35-22-28(15-18-32(35)51-2)38(48)41-19-7-8-20-45(40(50)33-12-9-21-53-33)25-36(46)44-31(39(49)43-26)17-13-27-10-5-4-6-11-27/h4-6,10-11,14-16,18,22-23,26,31,33H,7-9,12-13,17,19-21,24-25H2,1-3H3,(H,41,48)(H,42,47)(H,43,49)(H,44,46)/t26-,31-,33+/m0/s1. The number of rotatable bonds is 6. The fourth-order valence-corrected chi connectivity index (χ4v) is 6.29. The first kappa shape index (κ1) is 39.6. The molecule has 288 valence electrons. The van der Waals surface area contributed by atoms with Crippen LogP contribution in [0, 0.1) is 0 Å². The van der Waals surface area contributed by atoms with Gasteiger partial charge in [-0.2, -0.15) is 0 Å². The molecule has 3 aliphatic heterocycles. The second kappa shape index (κ2) is 19.4. The lowest BCUT2D eigenvalue weighted by atomic mass is 10.0. The van der Waals surface area contributed by atoms with Gasteiger partial charge in [-0.3, -0.25) is 24.0 Å². The van der Waals surface area contributed by atoms with E-state index in [1.165, 1.54) is 19.1 Å². The maximum absolute atomic E-state index is 13.6. The number of carbonyl (C=O) groups excluding carboxylic acids is 5. The fourth-order valence-electron chi connectivity index (χ4n) is 6.29. The molecule has 6 rings (SSSR count). The zero-order chi connectivity index (χ0) is 38.5. The van der Waals surface area contributed by atoms with Crippen LogP contribution < -0.4 is 35.5 Å². The van der Waals surface area contributed by atoms with E-state index in [0.717, 1.165) is 12.0 Å². The number of aryl methyl sites for hydroxylation is 1. The number of ether oxygens (including phenoxy) is 4. The van der Waals surface area contributed by atoms with Crippen LogP contribution in [0.4, 0.5) is 0 Å². The van der Waals surface area contributed by atoms with E-state index in [1.807, 2.05) is 30.3 Å². The van der Waals surface area contributed by atoms with Crippen molar-refractivity contribution in [2.45, 2.75) is 70.2 Å². The SMILES string of the molecule is COc1cc2ccc1CNC(=O)[C@H](C)NC(=O)[C@H](CCc1ccccc1)NC(=O)CN(C(=O)[C@H]1CCCO1)CCCCNC(=O)c1ccc(OC)c(c1)O2. The highest BCUT2D eigenvalue weighted by molar-refractivity contribution is 5.95. The summed E-state index contributed by atoms with van der Waals surface area (Å²) in [6.45, 7) is 2.39. The maximum atomic E-state index is 13.6. The molecule has 0 spiro atoms. The number of methoxy groups -OCH3 is 2. The third kappa shape index (κ3) is 10.9. The minimum absolute atomic E-state index is 0.0875. The van der Waals surface area contributed by atoms with Crippen molar-refractivity contribution >= 4 is 29.5 Å². The van der Waals surface area contributed by atoms with Crippen LogP contribution in [0.3, 0.4) is 0 Å². The lowest BCUT2D eigenvalue weighted by Crippen LogP contribution is -2.54. The van der Waals surface area contributed by atoms with E-state index in [9.17, 15) is 24.0 Å². The number of amides is 5. The van der Waals surface area contributed by atoms with Crippen LogP contribution in [0.5, 0.6) is 23.0 Å². The van der Waals surface area contributed by atoms with Crippen LogP contribution in [-0.4, -0.2) is 93.1 Å². The summed E-state index contributed by atoms with van der Waals surface area (Å²) in [5, 5.41) is 11.3. The quantitative estimate of drug-likeness (QED) is 0.277. The first-order valence-corrected chi connectivity index (χ1v) is 18.3. The molecule has 0 aromatic heterocycles. The van der Waals surface area contributed by atoms with Crippen molar-refractivity contribution in [3.63, 3.8) is 0 Å². The molecule has 4 bridgehead atoms. The normalized spacial score (nSPS) is 20.6. The van der Waals surface area contributed by atoms with E-state index < -0.39 is 35.9 Å². The number of nitrogens with zero attached hydrogens (tertiary/aromatic N) is 1. The van der Waals surface area contributed by atoms with Crippen LogP contribution in [0.25, 0.3) is 0 Å². The van der Waals surface area contributed by atoms with Crippen molar-refractivity contribution in [2.75, 3.05) is 40.5 Å². The molecule has 14 nitrogen and oxygen atoms in total. The number of hydrogen-bond acceptors (Lipinski definition) is 9. The van der Waals surface area contributed by atoms with E-state index in [2.05, 4.69) is 21.3 Å². The molecule has 0 saturated carbocycles.